The van der Waals surface area contributed by atoms with Crippen molar-refractivity contribution in [3.8, 4) is 0 Å². The first-order valence-corrected chi connectivity index (χ1v) is 8.33. The number of benzene rings is 1. The molecule has 0 saturated carbocycles. The van der Waals surface area contributed by atoms with Crippen LogP contribution in [0.2, 0.25) is 0 Å². The predicted octanol–water partition coefficient (Wildman–Crippen LogP) is 1.53. The molecule has 2 saturated heterocycles. The molecule has 0 aromatic heterocycles. The molecular weight excluding hydrogens is 348 g/mol. The number of ketones is 1. The molecule has 0 radical (unpaired) electrons. The maximum atomic E-state index is 14.5. The average Bonchev–Trinajstić information content (AvgIpc) is 2.96. The monoisotopic (exact) mass is 367 g/mol. The van der Waals surface area contributed by atoms with Gasteiger partial charge in [-0.1, -0.05) is 0 Å². The maximum Gasteiger partial charge on any atom is 0.414 e. The molecule has 2 heterocycles. The zero-order valence-corrected chi connectivity index (χ0v) is 14.0. The summed E-state index contributed by atoms with van der Waals surface area (Å²) in [5.41, 5.74) is 5.57. The Balaban J connectivity index is 1.70. The van der Waals surface area contributed by atoms with Crippen LogP contribution in [-0.4, -0.2) is 49.7 Å². The van der Waals surface area contributed by atoms with E-state index in [1.807, 2.05) is 0 Å². The summed E-state index contributed by atoms with van der Waals surface area (Å²) < 4.78 is 33.2. The van der Waals surface area contributed by atoms with Gasteiger partial charge in [-0.15, -0.1) is 0 Å². The molecule has 2 atom stereocenters. The summed E-state index contributed by atoms with van der Waals surface area (Å²) >= 11 is 0. The number of cyclic esters (lactones) is 1. The first kappa shape index (κ1) is 18.1. The molecule has 1 aromatic rings. The Labute approximate surface area is 148 Å². The highest BCUT2D eigenvalue weighted by Gasteiger charge is 2.33. The van der Waals surface area contributed by atoms with Gasteiger partial charge in [0.25, 0.3) is 0 Å². The molecule has 2 amide bonds. The summed E-state index contributed by atoms with van der Waals surface area (Å²) in [5, 5.41) is 0. The second kappa shape index (κ2) is 7.27. The molecule has 1 aromatic carbocycles. The molecule has 0 spiro atoms. The second-order valence-corrected chi connectivity index (χ2v) is 6.39. The van der Waals surface area contributed by atoms with E-state index in [4.69, 9.17) is 10.5 Å². The van der Waals surface area contributed by atoms with Gasteiger partial charge in [-0.05, 0) is 24.6 Å². The fourth-order valence-electron chi connectivity index (χ4n) is 3.11. The van der Waals surface area contributed by atoms with Crippen molar-refractivity contribution in [2.24, 2.45) is 5.73 Å². The van der Waals surface area contributed by atoms with Crippen molar-refractivity contribution in [1.29, 1.82) is 0 Å². The molecule has 0 bridgehead atoms. The van der Waals surface area contributed by atoms with Crippen LogP contribution in [0.15, 0.2) is 18.2 Å². The Morgan fingerprint density at radius 3 is 2.73 bits per heavy atom. The number of anilines is 2. The number of nitrogens with two attached hydrogens (primary N) is 1. The van der Waals surface area contributed by atoms with Gasteiger partial charge in [-0.25, -0.2) is 13.6 Å². The number of alkyl halides is 1. The number of halogens is 2. The molecule has 26 heavy (non-hydrogen) atoms. The van der Waals surface area contributed by atoms with Crippen molar-refractivity contribution < 1.29 is 27.9 Å². The van der Waals surface area contributed by atoms with Gasteiger partial charge in [-0.3, -0.25) is 14.5 Å². The van der Waals surface area contributed by atoms with E-state index >= 15 is 0 Å². The van der Waals surface area contributed by atoms with Crippen LogP contribution in [0.1, 0.15) is 19.3 Å². The first-order chi connectivity index (χ1) is 12.3. The summed E-state index contributed by atoms with van der Waals surface area (Å²) in [4.78, 5) is 36.8. The lowest BCUT2D eigenvalue weighted by Gasteiger charge is -2.30. The highest BCUT2D eigenvalue weighted by molar-refractivity contribution is 5.90. The topological polar surface area (TPSA) is 92.9 Å². The lowest BCUT2D eigenvalue weighted by atomic mass is 10.1. The number of nitrogens with zero attached hydrogens (tertiary/aromatic N) is 2. The van der Waals surface area contributed by atoms with E-state index < -0.39 is 35.9 Å². The van der Waals surface area contributed by atoms with Gasteiger partial charge < -0.3 is 15.4 Å². The van der Waals surface area contributed by atoms with Crippen LogP contribution in [0.5, 0.6) is 0 Å². The van der Waals surface area contributed by atoms with Crippen LogP contribution >= 0.6 is 0 Å². The minimum Gasteiger partial charge on any atom is -0.444 e. The Bertz CT molecular complexity index is 743. The van der Waals surface area contributed by atoms with Crippen molar-refractivity contribution in [3.05, 3.63) is 24.0 Å². The number of amides is 2. The summed E-state index contributed by atoms with van der Waals surface area (Å²) in [6, 6.07) is 4.17. The Morgan fingerprint density at radius 1 is 1.31 bits per heavy atom. The van der Waals surface area contributed by atoms with Crippen molar-refractivity contribution >= 4 is 29.2 Å². The minimum atomic E-state index is -1.62. The highest BCUT2D eigenvalue weighted by Crippen LogP contribution is 2.30. The van der Waals surface area contributed by atoms with E-state index in [2.05, 4.69) is 0 Å². The third kappa shape index (κ3) is 3.76. The van der Waals surface area contributed by atoms with Crippen molar-refractivity contribution in [3.63, 3.8) is 0 Å². The van der Waals surface area contributed by atoms with Crippen LogP contribution in [0.3, 0.4) is 0 Å². The van der Waals surface area contributed by atoms with Crippen LogP contribution in [-0.2, 0) is 14.3 Å². The predicted molar refractivity (Wildman–Crippen MR) is 89.2 cm³/mol. The molecule has 2 fully saturated rings. The van der Waals surface area contributed by atoms with Gasteiger partial charge in [-0.2, -0.15) is 0 Å². The maximum absolute atomic E-state index is 14.5. The lowest BCUT2D eigenvalue weighted by Crippen LogP contribution is -2.42. The Kier molecular flexibility index (Phi) is 5.06. The molecule has 2 N–H and O–H groups in total. The van der Waals surface area contributed by atoms with Gasteiger partial charge in [0.1, 0.15) is 11.9 Å². The number of hydrogen-bond acceptors (Lipinski definition) is 5. The fourth-order valence-corrected chi connectivity index (χ4v) is 3.11. The molecule has 2 aliphatic rings. The van der Waals surface area contributed by atoms with Gasteiger partial charge in [0.15, 0.2) is 12.0 Å². The highest BCUT2D eigenvalue weighted by atomic mass is 19.1. The number of Topliss-reactive ketones (excluding diaryl/α,β-unsaturated/α-hetero) is 1. The number of rotatable bonds is 5. The van der Waals surface area contributed by atoms with E-state index in [0.29, 0.717) is 12.1 Å². The number of carbonyl (C=O) groups excluding carboxylic acids is 3. The largest absolute Gasteiger partial charge is 0.444 e. The van der Waals surface area contributed by atoms with Crippen LogP contribution in [0.4, 0.5) is 25.0 Å². The molecule has 2 aliphatic heterocycles. The number of carbonyl (C=O) groups is 3. The van der Waals surface area contributed by atoms with Gasteiger partial charge in [0, 0.05) is 19.4 Å². The van der Waals surface area contributed by atoms with E-state index in [0.717, 1.165) is 0 Å². The average molecular weight is 367 g/mol. The van der Waals surface area contributed by atoms with Crippen LogP contribution in [0.25, 0.3) is 0 Å². The minimum absolute atomic E-state index is 0.0301. The number of piperidine rings is 1. The zero-order chi connectivity index (χ0) is 18.8. The smallest absolute Gasteiger partial charge is 0.414 e. The Hall–Kier alpha value is -2.71. The Morgan fingerprint density at radius 2 is 2.08 bits per heavy atom. The zero-order valence-electron chi connectivity index (χ0n) is 14.0. The molecule has 2 unspecified atom stereocenters. The standard InChI is InChI=1S/C17H19F2N3O4/c18-12-7-10(22-8-11(26-17(22)25)2-4-16(20)24)1-3-14(12)21-6-5-15(23)13(19)9-21/h1,3,7,11,13H,2,4-6,8-9H2,(H2,20,24). The van der Waals surface area contributed by atoms with Crippen molar-refractivity contribution in [1.82, 2.24) is 0 Å². The SMILES string of the molecule is NC(=O)CCC1CN(c2ccc(N3CCC(=O)C(F)C3)c(F)c2)C(=O)O1. The van der Waals surface area contributed by atoms with Gasteiger partial charge >= 0.3 is 6.09 Å². The molecule has 3 rings (SSSR count). The van der Waals surface area contributed by atoms with E-state index in [1.54, 1.807) is 6.07 Å². The summed E-state index contributed by atoms with van der Waals surface area (Å²) in [5.74, 6) is -1.57. The molecule has 140 valence electrons. The fraction of sp³-hybridized carbons (Fsp3) is 0.471. The quantitative estimate of drug-likeness (QED) is 0.852. The van der Waals surface area contributed by atoms with Crippen LogP contribution < -0.4 is 15.5 Å². The van der Waals surface area contributed by atoms with Crippen LogP contribution in [0, 0.1) is 5.82 Å². The van der Waals surface area contributed by atoms with Crippen molar-refractivity contribution in [2.75, 3.05) is 29.4 Å². The lowest BCUT2D eigenvalue weighted by molar-refractivity contribution is -0.124. The van der Waals surface area contributed by atoms with Gasteiger partial charge in [0.2, 0.25) is 5.91 Å². The normalized spacial score (nSPS) is 23.3. The first-order valence-electron chi connectivity index (χ1n) is 8.33. The number of primary amides is 1. The van der Waals surface area contributed by atoms with Gasteiger partial charge in [0.05, 0.1) is 24.5 Å². The van der Waals surface area contributed by atoms with Crippen molar-refractivity contribution in [2.45, 2.75) is 31.5 Å². The molecule has 7 nitrogen and oxygen atoms in total. The molecule has 0 aliphatic carbocycles. The van der Waals surface area contributed by atoms with E-state index in [1.165, 1.54) is 21.9 Å². The summed E-state index contributed by atoms with van der Waals surface area (Å²) in [6.45, 7) is 0.252. The third-order valence-electron chi connectivity index (χ3n) is 4.53. The summed E-state index contributed by atoms with van der Waals surface area (Å²) in [7, 11) is 0. The molecular formula is C17H19F2N3O4. The van der Waals surface area contributed by atoms with E-state index in [9.17, 15) is 23.2 Å². The molecule has 9 heteroatoms. The number of hydrogen-bond donors (Lipinski definition) is 1. The van der Waals surface area contributed by atoms with E-state index in [-0.39, 0.29) is 38.2 Å². The second-order valence-electron chi connectivity index (χ2n) is 6.39. The third-order valence-corrected chi connectivity index (χ3v) is 4.53. The summed E-state index contributed by atoms with van der Waals surface area (Å²) in [6.07, 6.45) is -2.31. The number of ether oxygens (including phenoxy) is 1.